The summed E-state index contributed by atoms with van der Waals surface area (Å²) in [5.41, 5.74) is 0. The van der Waals surface area contributed by atoms with Gasteiger partial charge < -0.3 is 10.2 Å². The lowest BCUT2D eigenvalue weighted by atomic mass is 10.4. The number of aliphatic carboxylic acids is 1. The van der Waals surface area contributed by atoms with Crippen molar-refractivity contribution < 1.29 is 19.4 Å². The molecule has 0 spiro atoms. The minimum Gasteiger partial charge on any atom is -0.479 e. The Morgan fingerprint density at radius 3 is 2.29 bits per heavy atom. The van der Waals surface area contributed by atoms with E-state index in [1.165, 1.54) is 0 Å². The van der Waals surface area contributed by atoms with E-state index in [-0.39, 0.29) is 0 Å². The predicted molar refractivity (Wildman–Crippen MR) is 19.6 cm³/mol. The van der Waals surface area contributed by atoms with Crippen LogP contribution in [0.1, 0.15) is 0 Å². The maximum Gasteiger partial charge on any atom is 0.340 e. The molecule has 3 nitrogen and oxygen atoms in total. The summed E-state index contributed by atoms with van der Waals surface area (Å²) < 4.78 is 11.4. The highest BCUT2D eigenvalue weighted by atomic mass is 19.1. The van der Waals surface area contributed by atoms with Crippen LogP contribution in [0, 0.1) is 0 Å². The van der Waals surface area contributed by atoms with E-state index in [0.717, 1.165) is 0 Å². The minimum absolute atomic E-state index is 0.949. The largest absolute Gasteiger partial charge is 0.479 e. The maximum absolute atomic E-state index is 11.4. The second-order valence-corrected chi connectivity index (χ2v) is 0.988. The third kappa shape index (κ3) is 2.11. The van der Waals surface area contributed by atoms with Crippen LogP contribution in [0.5, 0.6) is 0 Å². The topological polar surface area (TPSA) is 57.5 Å². The molecule has 4 heteroatoms. The lowest BCUT2D eigenvalue weighted by molar-refractivity contribution is -0.144. The summed E-state index contributed by atoms with van der Waals surface area (Å²) in [7, 11) is 0. The number of hydrogen-bond donors (Lipinski definition) is 2. The highest BCUT2D eigenvalue weighted by Gasteiger charge is 2.11. The summed E-state index contributed by atoms with van der Waals surface area (Å²) in [5, 5.41) is 15.4. The number of rotatable bonds is 2. The summed E-state index contributed by atoms with van der Waals surface area (Å²) in [5.74, 6) is -1.62. The summed E-state index contributed by atoms with van der Waals surface area (Å²) in [4.78, 5) is 9.40. The maximum atomic E-state index is 11.4. The van der Waals surface area contributed by atoms with Crippen molar-refractivity contribution in [2.45, 2.75) is 6.17 Å². The lowest BCUT2D eigenvalue weighted by Crippen LogP contribution is -2.17. The molecule has 0 bridgehead atoms. The molecule has 42 valence electrons. The van der Waals surface area contributed by atoms with Gasteiger partial charge >= 0.3 is 5.97 Å². The molecule has 0 fully saturated rings. The first-order valence-electron chi connectivity index (χ1n) is 1.66. The Labute approximate surface area is 39.4 Å². The summed E-state index contributed by atoms with van der Waals surface area (Å²) in [6, 6.07) is 0. The van der Waals surface area contributed by atoms with Crippen molar-refractivity contribution in [3.8, 4) is 0 Å². The summed E-state index contributed by atoms with van der Waals surface area (Å²) in [6.07, 6.45) is -2.12. The van der Waals surface area contributed by atoms with Gasteiger partial charge in [0.1, 0.15) is 0 Å². The van der Waals surface area contributed by atoms with Crippen LogP contribution in [0.3, 0.4) is 0 Å². The first-order valence-corrected chi connectivity index (χ1v) is 1.66. The number of aliphatic hydroxyl groups is 1. The molecule has 0 aliphatic carbocycles. The molecule has 0 amide bonds. The molecule has 0 rings (SSSR count). The van der Waals surface area contributed by atoms with Crippen LogP contribution in [0.4, 0.5) is 4.39 Å². The Balaban J connectivity index is 3.34. The van der Waals surface area contributed by atoms with Gasteiger partial charge in [0.15, 0.2) is 0 Å². The molecule has 0 aromatic heterocycles. The molecule has 1 unspecified atom stereocenters. The van der Waals surface area contributed by atoms with Crippen LogP contribution in [0.15, 0.2) is 0 Å². The van der Waals surface area contributed by atoms with E-state index in [9.17, 15) is 9.18 Å². The van der Waals surface area contributed by atoms with E-state index in [0.29, 0.717) is 0 Å². The molecule has 0 saturated heterocycles. The summed E-state index contributed by atoms with van der Waals surface area (Å²) in [6.45, 7) is -0.949. The van der Waals surface area contributed by atoms with Crippen LogP contribution < -0.4 is 0 Å². The van der Waals surface area contributed by atoms with E-state index in [1.807, 2.05) is 0 Å². The fourth-order valence-electron chi connectivity index (χ4n) is 0.0781. The molecule has 2 N–H and O–H groups in total. The first kappa shape index (κ1) is 6.36. The van der Waals surface area contributed by atoms with Crippen molar-refractivity contribution in [1.29, 1.82) is 0 Å². The van der Waals surface area contributed by atoms with Crippen molar-refractivity contribution in [3.63, 3.8) is 0 Å². The Morgan fingerprint density at radius 1 is 1.86 bits per heavy atom. The SMILES string of the molecule is O=C(O)C(F)CO. The number of halogens is 1. The van der Waals surface area contributed by atoms with E-state index in [2.05, 4.69) is 0 Å². The third-order valence-corrected chi connectivity index (χ3v) is 0.428. The second kappa shape index (κ2) is 2.52. The Bertz CT molecular complexity index is 72.6. The van der Waals surface area contributed by atoms with Gasteiger partial charge in [-0.15, -0.1) is 0 Å². The quantitative estimate of drug-likeness (QED) is 0.496. The number of carboxylic acids is 1. The smallest absolute Gasteiger partial charge is 0.340 e. The number of alkyl halides is 1. The van der Waals surface area contributed by atoms with Crippen LogP contribution in [-0.2, 0) is 4.79 Å². The number of carbonyl (C=O) groups is 1. The van der Waals surface area contributed by atoms with Crippen molar-refractivity contribution in [2.75, 3.05) is 6.61 Å². The average molecular weight is 108 g/mol. The Morgan fingerprint density at radius 2 is 2.29 bits per heavy atom. The third-order valence-electron chi connectivity index (χ3n) is 0.428. The molecule has 0 saturated carbocycles. The zero-order valence-corrected chi connectivity index (χ0v) is 3.47. The van der Waals surface area contributed by atoms with Gasteiger partial charge in [-0.05, 0) is 0 Å². The highest BCUT2D eigenvalue weighted by molar-refractivity contribution is 5.72. The second-order valence-electron chi connectivity index (χ2n) is 0.988. The normalized spacial score (nSPS) is 13.4. The number of carboxylic acid groups (broad SMARTS) is 1. The Hall–Kier alpha value is -0.640. The van der Waals surface area contributed by atoms with Crippen LogP contribution >= 0.6 is 0 Å². The van der Waals surface area contributed by atoms with Crippen molar-refractivity contribution in [2.24, 2.45) is 0 Å². The molecule has 7 heavy (non-hydrogen) atoms. The molecular formula is C3H5FO3. The van der Waals surface area contributed by atoms with Gasteiger partial charge in [-0.3, -0.25) is 0 Å². The molecule has 0 aromatic rings. The van der Waals surface area contributed by atoms with Crippen LogP contribution in [0.2, 0.25) is 0 Å². The molecule has 0 radical (unpaired) electrons. The van der Waals surface area contributed by atoms with Crippen molar-refractivity contribution in [3.05, 3.63) is 0 Å². The minimum atomic E-state index is -2.12. The molecule has 0 aromatic carbocycles. The molecular weight excluding hydrogens is 103 g/mol. The van der Waals surface area contributed by atoms with Crippen LogP contribution in [0.25, 0.3) is 0 Å². The standard InChI is InChI=1S/C3H5FO3/c4-2(1-5)3(6)7/h2,5H,1H2,(H,6,7). The first-order chi connectivity index (χ1) is 3.18. The fraction of sp³-hybridized carbons (Fsp3) is 0.667. The predicted octanol–water partition coefficient (Wildman–Crippen LogP) is -0.599. The van der Waals surface area contributed by atoms with Gasteiger partial charge in [0.25, 0.3) is 0 Å². The van der Waals surface area contributed by atoms with Gasteiger partial charge in [-0.25, -0.2) is 9.18 Å². The molecule has 1 atom stereocenters. The van der Waals surface area contributed by atoms with E-state index in [1.54, 1.807) is 0 Å². The van der Waals surface area contributed by atoms with Gasteiger partial charge in [0.2, 0.25) is 6.17 Å². The van der Waals surface area contributed by atoms with Crippen LogP contribution in [-0.4, -0.2) is 29.0 Å². The van der Waals surface area contributed by atoms with Gasteiger partial charge in [-0.2, -0.15) is 0 Å². The Kier molecular flexibility index (Phi) is 2.29. The van der Waals surface area contributed by atoms with E-state index in [4.69, 9.17) is 10.2 Å². The highest BCUT2D eigenvalue weighted by Crippen LogP contribution is 1.85. The fourth-order valence-corrected chi connectivity index (χ4v) is 0.0781. The number of hydrogen-bond acceptors (Lipinski definition) is 2. The molecule has 0 heterocycles. The number of aliphatic hydroxyl groups excluding tert-OH is 1. The van der Waals surface area contributed by atoms with Gasteiger partial charge in [0, 0.05) is 0 Å². The average Bonchev–Trinajstić information content (AvgIpc) is 1.65. The monoisotopic (exact) mass is 108 g/mol. The van der Waals surface area contributed by atoms with Crippen molar-refractivity contribution in [1.82, 2.24) is 0 Å². The van der Waals surface area contributed by atoms with Gasteiger partial charge in [0.05, 0.1) is 6.61 Å². The summed E-state index contributed by atoms with van der Waals surface area (Å²) >= 11 is 0. The van der Waals surface area contributed by atoms with Crippen molar-refractivity contribution >= 4 is 5.97 Å². The molecule has 0 aliphatic rings. The van der Waals surface area contributed by atoms with Gasteiger partial charge in [-0.1, -0.05) is 0 Å². The zero-order chi connectivity index (χ0) is 5.86. The molecule has 0 aliphatic heterocycles. The lowest BCUT2D eigenvalue weighted by Gasteiger charge is -1.91. The van der Waals surface area contributed by atoms with E-state index < -0.39 is 18.7 Å². The van der Waals surface area contributed by atoms with E-state index >= 15 is 0 Å². The zero-order valence-electron chi connectivity index (χ0n) is 3.47.